The Kier molecular flexibility index (Phi) is 4.28. The molecule has 3 aromatic rings. The average Bonchev–Trinajstić information content (AvgIpc) is 3.04. The molecule has 7 nitrogen and oxygen atoms in total. The molecule has 0 aliphatic heterocycles. The Morgan fingerprint density at radius 3 is 2.43 bits per heavy atom. The molecule has 0 amide bonds. The molecule has 23 heavy (non-hydrogen) atoms. The normalized spacial score (nSPS) is 10.3. The van der Waals surface area contributed by atoms with Gasteiger partial charge in [0.25, 0.3) is 0 Å². The van der Waals surface area contributed by atoms with Gasteiger partial charge in [0.05, 0.1) is 7.11 Å². The SMILES string of the molecule is COC(=O)Cn1nnnc1-c1ccc(Oc2ccccc2)cc1. The monoisotopic (exact) mass is 310 g/mol. The third-order valence-electron chi connectivity index (χ3n) is 3.13. The Balaban J connectivity index is 1.77. The number of hydrogen-bond acceptors (Lipinski definition) is 6. The van der Waals surface area contributed by atoms with Gasteiger partial charge in [0.2, 0.25) is 0 Å². The van der Waals surface area contributed by atoms with Gasteiger partial charge in [-0.05, 0) is 46.8 Å². The van der Waals surface area contributed by atoms with Gasteiger partial charge in [0, 0.05) is 5.56 Å². The number of hydrogen-bond donors (Lipinski definition) is 0. The smallest absolute Gasteiger partial charge is 0.327 e. The highest BCUT2D eigenvalue weighted by Crippen LogP contribution is 2.24. The summed E-state index contributed by atoms with van der Waals surface area (Å²) >= 11 is 0. The van der Waals surface area contributed by atoms with Crippen LogP contribution in [0.5, 0.6) is 11.5 Å². The molecule has 0 bridgehead atoms. The maximum atomic E-state index is 11.4. The van der Waals surface area contributed by atoms with E-state index in [1.165, 1.54) is 11.8 Å². The number of esters is 1. The van der Waals surface area contributed by atoms with Crippen molar-refractivity contribution in [1.29, 1.82) is 0 Å². The molecule has 3 rings (SSSR count). The van der Waals surface area contributed by atoms with Crippen LogP contribution in [0.15, 0.2) is 54.6 Å². The van der Waals surface area contributed by atoms with E-state index >= 15 is 0 Å². The molecule has 0 fully saturated rings. The van der Waals surface area contributed by atoms with Gasteiger partial charge in [-0.25, -0.2) is 4.68 Å². The maximum Gasteiger partial charge on any atom is 0.327 e. The molecule has 7 heteroatoms. The number of carbonyl (C=O) groups is 1. The van der Waals surface area contributed by atoms with Gasteiger partial charge in [-0.15, -0.1) is 5.10 Å². The summed E-state index contributed by atoms with van der Waals surface area (Å²) in [5.74, 6) is 1.53. The van der Waals surface area contributed by atoms with Crippen molar-refractivity contribution in [2.45, 2.75) is 6.54 Å². The van der Waals surface area contributed by atoms with Crippen molar-refractivity contribution in [2.24, 2.45) is 0 Å². The number of aromatic nitrogens is 4. The number of methoxy groups -OCH3 is 1. The van der Waals surface area contributed by atoms with Crippen molar-refractivity contribution in [3.8, 4) is 22.9 Å². The van der Waals surface area contributed by atoms with Crippen molar-refractivity contribution < 1.29 is 14.3 Å². The molecule has 0 saturated carbocycles. The number of carbonyl (C=O) groups excluding carboxylic acids is 1. The number of benzene rings is 2. The van der Waals surface area contributed by atoms with E-state index in [0.29, 0.717) is 11.6 Å². The summed E-state index contributed by atoms with van der Waals surface area (Å²) in [6.45, 7) is -0.0406. The Bertz CT molecular complexity index is 785. The van der Waals surface area contributed by atoms with Crippen LogP contribution >= 0.6 is 0 Å². The second-order valence-corrected chi connectivity index (χ2v) is 4.68. The second kappa shape index (κ2) is 6.69. The lowest BCUT2D eigenvalue weighted by Gasteiger charge is -2.07. The zero-order valence-corrected chi connectivity index (χ0v) is 12.4. The number of para-hydroxylation sites is 1. The average molecular weight is 310 g/mol. The quantitative estimate of drug-likeness (QED) is 0.673. The van der Waals surface area contributed by atoms with Gasteiger partial charge < -0.3 is 9.47 Å². The molecule has 0 aliphatic carbocycles. The third-order valence-corrected chi connectivity index (χ3v) is 3.13. The third kappa shape index (κ3) is 3.52. The largest absolute Gasteiger partial charge is 0.468 e. The van der Waals surface area contributed by atoms with E-state index in [4.69, 9.17) is 4.74 Å². The van der Waals surface area contributed by atoms with Crippen molar-refractivity contribution in [3.63, 3.8) is 0 Å². The highest BCUT2D eigenvalue weighted by Gasteiger charge is 2.12. The fraction of sp³-hybridized carbons (Fsp3) is 0.125. The van der Waals surface area contributed by atoms with Crippen LogP contribution in [0, 0.1) is 0 Å². The van der Waals surface area contributed by atoms with E-state index in [9.17, 15) is 4.79 Å². The first-order chi connectivity index (χ1) is 11.3. The summed E-state index contributed by atoms with van der Waals surface area (Å²) < 4.78 is 11.7. The summed E-state index contributed by atoms with van der Waals surface area (Å²) in [4.78, 5) is 11.4. The second-order valence-electron chi connectivity index (χ2n) is 4.68. The van der Waals surface area contributed by atoms with Crippen molar-refractivity contribution in [3.05, 3.63) is 54.6 Å². The molecule has 0 spiro atoms. The molecule has 0 saturated heterocycles. The Morgan fingerprint density at radius 1 is 1.04 bits per heavy atom. The number of nitrogens with zero attached hydrogens (tertiary/aromatic N) is 4. The maximum absolute atomic E-state index is 11.4. The van der Waals surface area contributed by atoms with E-state index in [0.717, 1.165) is 11.3 Å². The van der Waals surface area contributed by atoms with E-state index in [2.05, 4.69) is 20.3 Å². The van der Waals surface area contributed by atoms with Crippen LogP contribution < -0.4 is 4.74 Å². The first-order valence-corrected chi connectivity index (χ1v) is 6.92. The predicted octanol–water partition coefficient (Wildman–Crippen LogP) is 2.31. The van der Waals surface area contributed by atoms with Gasteiger partial charge in [0.15, 0.2) is 5.82 Å². The van der Waals surface area contributed by atoms with Crippen LogP contribution in [0.3, 0.4) is 0 Å². The highest BCUT2D eigenvalue weighted by atomic mass is 16.5. The Morgan fingerprint density at radius 2 is 1.74 bits per heavy atom. The predicted molar refractivity (Wildman–Crippen MR) is 81.8 cm³/mol. The van der Waals surface area contributed by atoms with Crippen LogP contribution in [0.4, 0.5) is 0 Å². The molecule has 116 valence electrons. The minimum atomic E-state index is -0.414. The molecule has 0 unspecified atom stereocenters. The molecule has 0 aliphatic rings. The van der Waals surface area contributed by atoms with Gasteiger partial charge in [-0.3, -0.25) is 4.79 Å². The molecule has 0 atom stereocenters. The lowest BCUT2D eigenvalue weighted by atomic mass is 10.2. The Labute approximate surface area is 132 Å². The van der Waals surface area contributed by atoms with Crippen molar-refractivity contribution >= 4 is 5.97 Å². The van der Waals surface area contributed by atoms with E-state index < -0.39 is 5.97 Å². The Hall–Kier alpha value is -3.22. The number of ether oxygens (including phenoxy) is 2. The zero-order valence-electron chi connectivity index (χ0n) is 12.4. The van der Waals surface area contributed by atoms with Crippen molar-refractivity contribution in [2.75, 3.05) is 7.11 Å². The van der Waals surface area contributed by atoms with Crippen LogP contribution in [0.25, 0.3) is 11.4 Å². The molecule has 1 aromatic heterocycles. The molecule has 0 radical (unpaired) electrons. The summed E-state index contributed by atoms with van der Waals surface area (Å²) in [7, 11) is 1.32. The lowest BCUT2D eigenvalue weighted by Crippen LogP contribution is -2.13. The van der Waals surface area contributed by atoms with Gasteiger partial charge >= 0.3 is 5.97 Å². The summed E-state index contributed by atoms with van der Waals surface area (Å²) in [5.41, 5.74) is 0.777. The number of tetrazole rings is 1. The zero-order chi connectivity index (χ0) is 16.1. The van der Waals surface area contributed by atoms with Gasteiger partial charge in [0.1, 0.15) is 18.0 Å². The standard InChI is InChI=1S/C16H14N4O3/c1-22-15(21)11-20-16(17-18-19-20)12-7-9-14(10-8-12)23-13-5-3-2-4-6-13/h2-10H,11H2,1H3. The summed E-state index contributed by atoms with van der Waals surface area (Å²) in [6, 6.07) is 16.8. The van der Waals surface area contributed by atoms with Gasteiger partial charge in [-0.1, -0.05) is 18.2 Å². The molecular weight excluding hydrogens is 296 g/mol. The van der Waals surface area contributed by atoms with E-state index in [1.807, 2.05) is 54.6 Å². The minimum absolute atomic E-state index is 0.0406. The van der Waals surface area contributed by atoms with E-state index in [-0.39, 0.29) is 6.54 Å². The van der Waals surface area contributed by atoms with Crippen LogP contribution in [-0.4, -0.2) is 33.3 Å². The molecular formula is C16H14N4O3. The van der Waals surface area contributed by atoms with Gasteiger partial charge in [-0.2, -0.15) is 0 Å². The van der Waals surface area contributed by atoms with Crippen LogP contribution in [0.1, 0.15) is 0 Å². The van der Waals surface area contributed by atoms with Crippen molar-refractivity contribution in [1.82, 2.24) is 20.2 Å². The topological polar surface area (TPSA) is 79.1 Å². The molecule has 2 aromatic carbocycles. The summed E-state index contributed by atoms with van der Waals surface area (Å²) in [5, 5.41) is 11.3. The lowest BCUT2D eigenvalue weighted by molar-refractivity contribution is -0.141. The summed E-state index contributed by atoms with van der Waals surface area (Å²) in [6.07, 6.45) is 0. The van der Waals surface area contributed by atoms with Crippen LogP contribution in [0.2, 0.25) is 0 Å². The van der Waals surface area contributed by atoms with E-state index in [1.54, 1.807) is 0 Å². The molecule has 1 heterocycles. The fourth-order valence-electron chi connectivity index (χ4n) is 2.00. The first-order valence-electron chi connectivity index (χ1n) is 6.92. The molecule has 0 N–H and O–H groups in total. The minimum Gasteiger partial charge on any atom is -0.468 e. The van der Waals surface area contributed by atoms with Crippen LogP contribution in [-0.2, 0) is 16.1 Å². The highest BCUT2D eigenvalue weighted by molar-refractivity contribution is 5.70. The number of rotatable bonds is 5. The fourth-order valence-corrected chi connectivity index (χ4v) is 2.00. The first kappa shape index (κ1) is 14.7.